The Morgan fingerprint density at radius 1 is 1.06 bits per heavy atom. The van der Waals surface area contributed by atoms with Crippen molar-refractivity contribution >= 4 is 10.0 Å². The van der Waals surface area contributed by atoms with Crippen molar-refractivity contribution in [3.63, 3.8) is 0 Å². The molecule has 2 rings (SSSR count). The zero-order valence-electron chi connectivity index (χ0n) is 8.36. The Morgan fingerprint density at radius 2 is 1.61 bits per heavy atom. The van der Waals surface area contributed by atoms with Crippen LogP contribution in [0.5, 0.6) is 11.5 Å². The molecule has 1 aromatic carbocycles. The molecule has 0 aliphatic carbocycles. The molecule has 0 bridgehead atoms. The molecule has 0 saturated carbocycles. The highest BCUT2D eigenvalue weighted by atomic mass is 32.2. The lowest BCUT2D eigenvalue weighted by Crippen LogP contribution is -2.52. The lowest BCUT2D eigenvalue weighted by Gasteiger charge is -2.32. The van der Waals surface area contributed by atoms with Crippen molar-refractivity contribution in [3.05, 3.63) is 18.2 Å². The summed E-state index contributed by atoms with van der Waals surface area (Å²) >= 11 is 0. The molecule has 0 fully saturated rings. The summed E-state index contributed by atoms with van der Waals surface area (Å²) in [5, 5.41) is 4.74. The summed E-state index contributed by atoms with van der Waals surface area (Å²) in [6.07, 6.45) is -9.90. The second-order valence-corrected chi connectivity index (χ2v) is 4.90. The molecule has 0 spiro atoms. The van der Waals surface area contributed by atoms with Gasteiger partial charge in [-0.3, -0.25) is 0 Å². The number of primary sulfonamides is 1. The van der Waals surface area contributed by atoms with E-state index in [4.69, 9.17) is 5.14 Å². The van der Waals surface area contributed by atoms with E-state index in [0.29, 0.717) is 0 Å². The molecule has 1 aromatic rings. The molecule has 18 heavy (non-hydrogen) atoms. The Balaban J connectivity index is 2.65. The molecule has 0 amide bonds. The van der Waals surface area contributed by atoms with Crippen LogP contribution in [0.4, 0.5) is 17.6 Å². The first kappa shape index (κ1) is 12.9. The molecule has 0 aromatic heterocycles. The summed E-state index contributed by atoms with van der Waals surface area (Å²) < 4.78 is 81.1. The number of para-hydroxylation sites is 1. The first-order valence-corrected chi connectivity index (χ1v) is 5.89. The largest absolute Gasteiger partial charge is 0.507 e. The topological polar surface area (TPSA) is 78.6 Å². The highest BCUT2D eigenvalue weighted by Gasteiger charge is 2.66. The Morgan fingerprint density at radius 3 is 2.17 bits per heavy atom. The van der Waals surface area contributed by atoms with Crippen molar-refractivity contribution in [2.45, 2.75) is 17.1 Å². The van der Waals surface area contributed by atoms with Crippen molar-refractivity contribution in [1.29, 1.82) is 0 Å². The van der Waals surface area contributed by atoms with Crippen LogP contribution in [-0.2, 0) is 10.0 Å². The third-order valence-electron chi connectivity index (χ3n) is 2.06. The summed E-state index contributed by atoms with van der Waals surface area (Å²) in [7, 11) is -4.41. The molecule has 5 nitrogen and oxygen atoms in total. The van der Waals surface area contributed by atoms with Crippen molar-refractivity contribution in [2.75, 3.05) is 0 Å². The lowest BCUT2D eigenvalue weighted by molar-refractivity contribution is -0.392. The van der Waals surface area contributed by atoms with Crippen molar-refractivity contribution in [1.82, 2.24) is 0 Å². The Kier molecular flexibility index (Phi) is 2.49. The number of benzene rings is 1. The van der Waals surface area contributed by atoms with Crippen LogP contribution < -0.4 is 14.6 Å². The molecule has 0 radical (unpaired) electrons. The fraction of sp³-hybridized carbons (Fsp3) is 0.250. The molecular formula is C8H5F4NO4S. The van der Waals surface area contributed by atoms with Gasteiger partial charge in [-0.25, -0.2) is 13.6 Å². The summed E-state index contributed by atoms with van der Waals surface area (Å²) in [5.74, 6) is -1.88. The standard InChI is InChI=1S/C8H5F4NO4S/c9-7(10)8(11,12)17-6-4(16-7)2-1-3-5(6)18(13,14)15/h1-3H,(H2,13,14,15). The minimum atomic E-state index is -5.00. The molecule has 10 heteroatoms. The van der Waals surface area contributed by atoms with E-state index in [-0.39, 0.29) is 0 Å². The molecule has 1 aliphatic rings. The van der Waals surface area contributed by atoms with E-state index in [1.807, 2.05) is 0 Å². The number of rotatable bonds is 1. The van der Waals surface area contributed by atoms with Gasteiger partial charge in [-0.05, 0) is 12.1 Å². The Labute approximate surface area is 98.1 Å². The number of hydrogen-bond donors (Lipinski definition) is 1. The SMILES string of the molecule is NS(=O)(=O)c1cccc2c1OC(F)(F)C(F)(F)O2. The number of nitrogens with two attached hydrogens (primary N) is 1. The second kappa shape index (κ2) is 3.48. The summed E-state index contributed by atoms with van der Waals surface area (Å²) in [6.45, 7) is 0. The molecule has 100 valence electrons. The maximum atomic E-state index is 12.9. The molecular weight excluding hydrogens is 282 g/mol. The third kappa shape index (κ3) is 1.86. The van der Waals surface area contributed by atoms with E-state index in [2.05, 4.69) is 9.47 Å². The zero-order chi connectivity index (χ0) is 13.8. The second-order valence-electron chi connectivity index (χ2n) is 3.37. The van der Waals surface area contributed by atoms with Gasteiger partial charge in [0, 0.05) is 0 Å². The van der Waals surface area contributed by atoms with Gasteiger partial charge in [-0.2, -0.15) is 17.6 Å². The summed E-state index contributed by atoms with van der Waals surface area (Å²) in [6, 6.07) is 2.69. The van der Waals surface area contributed by atoms with Gasteiger partial charge in [-0.1, -0.05) is 6.07 Å². The van der Waals surface area contributed by atoms with Gasteiger partial charge in [0.05, 0.1) is 0 Å². The maximum Gasteiger partial charge on any atom is 0.507 e. The molecule has 0 saturated heterocycles. The van der Waals surface area contributed by atoms with E-state index in [9.17, 15) is 26.0 Å². The number of hydrogen-bond acceptors (Lipinski definition) is 4. The third-order valence-corrected chi connectivity index (χ3v) is 2.99. The van der Waals surface area contributed by atoms with Gasteiger partial charge in [-0.15, -0.1) is 0 Å². The van der Waals surface area contributed by atoms with Crippen molar-refractivity contribution < 1.29 is 35.5 Å². The lowest BCUT2D eigenvalue weighted by atomic mass is 10.3. The predicted octanol–water partition coefficient (Wildman–Crippen LogP) is 1.29. The fourth-order valence-electron chi connectivity index (χ4n) is 1.29. The van der Waals surface area contributed by atoms with Crippen molar-refractivity contribution in [3.8, 4) is 11.5 Å². The minimum Gasteiger partial charge on any atom is -0.421 e. The van der Waals surface area contributed by atoms with Crippen LogP contribution in [0.3, 0.4) is 0 Å². The number of halogens is 4. The smallest absolute Gasteiger partial charge is 0.421 e. The normalized spacial score (nSPS) is 20.5. The van der Waals surface area contributed by atoms with E-state index >= 15 is 0 Å². The van der Waals surface area contributed by atoms with Crippen LogP contribution in [0.15, 0.2) is 23.1 Å². The van der Waals surface area contributed by atoms with Gasteiger partial charge < -0.3 is 9.47 Å². The Hall–Kier alpha value is -1.55. The monoisotopic (exact) mass is 287 g/mol. The number of fused-ring (bicyclic) bond motifs is 1. The molecule has 1 aliphatic heterocycles. The van der Waals surface area contributed by atoms with Crippen LogP contribution in [-0.4, -0.2) is 20.6 Å². The zero-order valence-corrected chi connectivity index (χ0v) is 9.18. The van der Waals surface area contributed by atoms with Gasteiger partial charge >= 0.3 is 12.2 Å². The fourth-order valence-corrected chi connectivity index (χ4v) is 1.95. The summed E-state index contributed by atoms with van der Waals surface area (Å²) in [4.78, 5) is -0.866. The van der Waals surface area contributed by atoms with Gasteiger partial charge in [0.1, 0.15) is 4.90 Å². The number of alkyl halides is 4. The maximum absolute atomic E-state index is 12.9. The summed E-state index contributed by atoms with van der Waals surface area (Å²) in [5.41, 5.74) is 0. The van der Waals surface area contributed by atoms with Crippen LogP contribution in [0.25, 0.3) is 0 Å². The Bertz CT molecular complexity index is 601. The molecule has 1 heterocycles. The van der Waals surface area contributed by atoms with Gasteiger partial charge in [0.15, 0.2) is 11.5 Å². The van der Waals surface area contributed by atoms with Crippen LogP contribution in [0.2, 0.25) is 0 Å². The molecule has 0 atom stereocenters. The van der Waals surface area contributed by atoms with E-state index in [1.165, 1.54) is 0 Å². The van der Waals surface area contributed by atoms with E-state index < -0.39 is 38.6 Å². The molecule has 0 unspecified atom stereocenters. The van der Waals surface area contributed by atoms with Crippen LogP contribution in [0, 0.1) is 0 Å². The highest BCUT2D eigenvalue weighted by Crippen LogP contribution is 2.48. The minimum absolute atomic E-state index is 0.830. The molecule has 2 N–H and O–H groups in total. The quantitative estimate of drug-likeness (QED) is 0.789. The van der Waals surface area contributed by atoms with E-state index in [0.717, 1.165) is 18.2 Å². The first-order chi connectivity index (χ1) is 8.05. The van der Waals surface area contributed by atoms with Gasteiger partial charge in [0.25, 0.3) is 0 Å². The first-order valence-electron chi connectivity index (χ1n) is 4.34. The van der Waals surface area contributed by atoms with Crippen LogP contribution in [0.1, 0.15) is 0 Å². The van der Waals surface area contributed by atoms with E-state index in [1.54, 1.807) is 0 Å². The van der Waals surface area contributed by atoms with Gasteiger partial charge in [0.2, 0.25) is 10.0 Å². The number of sulfonamides is 1. The average molecular weight is 287 g/mol. The number of ether oxygens (including phenoxy) is 2. The van der Waals surface area contributed by atoms with Crippen molar-refractivity contribution in [2.24, 2.45) is 5.14 Å². The average Bonchev–Trinajstić information content (AvgIpc) is 2.16. The predicted molar refractivity (Wildman–Crippen MR) is 49.0 cm³/mol. The highest BCUT2D eigenvalue weighted by molar-refractivity contribution is 7.89. The van der Waals surface area contributed by atoms with Crippen LogP contribution >= 0.6 is 0 Å².